The van der Waals surface area contributed by atoms with Gasteiger partial charge in [0.1, 0.15) is 0 Å². The number of benzene rings is 1. The zero-order valence-electron chi connectivity index (χ0n) is 12.5. The van der Waals surface area contributed by atoms with Gasteiger partial charge >= 0.3 is 0 Å². The number of ether oxygens (including phenoxy) is 2. The molecule has 0 spiro atoms. The summed E-state index contributed by atoms with van der Waals surface area (Å²) in [5, 5.41) is 4.19. The molecule has 1 aliphatic rings. The summed E-state index contributed by atoms with van der Waals surface area (Å²) in [6.45, 7) is 5.05. The molecule has 0 aromatic heterocycles. The lowest BCUT2D eigenvalue weighted by molar-refractivity contribution is 0.182. The van der Waals surface area contributed by atoms with E-state index >= 15 is 0 Å². The van der Waals surface area contributed by atoms with E-state index in [1.165, 1.54) is 12.8 Å². The summed E-state index contributed by atoms with van der Waals surface area (Å²) >= 11 is 6.17. The SMILES string of the molecule is CCC(CC)Oc1c(CNC2CC2)cc(Cl)cc1OC. The van der Waals surface area contributed by atoms with Crippen LogP contribution in [-0.4, -0.2) is 19.3 Å². The summed E-state index contributed by atoms with van der Waals surface area (Å²) in [6, 6.07) is 4.44. The average molecular weight is 298 g/mol. The third-order valence-corrected chi connectivity index (χ3v) is 3.89. The molecule has 0 heterocycles. The Morgan fingerprint density at radius 2 is 2.00 bits per heavy atom. The smallest absolute Gasteiger partial charge is 0.166 e. The van der Waals surface area contributed by atoms with E-state index in [9.17, 15) is 0 Å². The van der Waals surface area contributed by atoms with Crippen molar-refractivity contribution in [1.82, 2.24) is 5.32 Å². The lowest BCUT2D eigenvalue weighted by atomic mass is 10.1. The van der Waals surface area contributed by atoms with Crippen LogP contribution >= 0.6 is 11.6 Å². The highest BCUT2D eigenvalue weighted by Crippen LogP contribution is 2.36. The molecule has 3 nitrogen and oxygen atoms in total. The number of hydrogen-bond donors (Lipinski definition) is 1. The first-order chi connectivity index (χ1) is 9.67. The highest BCUT2D eigenvalue weighted by Gasteiger charge is 2.22. The van der Waals surface area contributed by atoms with Crippen LogP contribution in [0.4, 0.5) is 0 Å². The number of halogens is 1. The van der Waals surface area contributed by atoms with Gasteiger partial charge in [0.15, 0.2) is 11.5 Å². The predicted molar refractivity (Wildman–Crippen MR) is 82.9 cm³/mol. The molecule has 1 saturated carbocycles. The Morgan fingerprint density at radius 3 is 2.55 bits per heavy atom. The third kappa shape index (κ3) is 4.03. The Bertz CT molecular complexity index is 442. The Morgan fingerprint density at radius 1 is 1.30 bits per heavy atom. The van der Waals surface area contributed by atoms with Crippen molar-refractivity contribution in [3.8, 4) is 11.5 Å². The molecule has 0 aliphatic heterocycles. The first-order valence-corrected chi connectivity index (χ1v) is 7.82. The Balaban J connectivity index is 2.22. The fraction of sp³-hybridized carbons (Fsp3) is 0.625. The standard InChI is InChI=1S/C16H24ClNO2/c1-4-14(5-2)20-16-11(10-18-13-6-7-13)8-12(17)9-15(16)19-3/h8-9,13-14,18H,4-7,10H2,1-3H3. The van der Waals surface area contributed by atoms with Crippen LogP contribution < -0.4 is 14.8 Å². The van der Waals surface area contributed by atoms with E-state index in [0.717, 1.165) is 36.4 Å². The van der Waals surface area contributed by atoms with E-state index in [0.29, 0.717) is 11.1 Å². The fourth-order valence-corrected chi connectivity index (χ4v) is 2.43. The molecule has 112 valence electrons. The maximum absolute atomic E-state index is 6.17. The minimum Gasteiger partial charge on any atom is -0.493 e. The molecule has 1 aromatic rings. The maximum Gasteiger partial charge on any atom is 0.166 e. The van der Waals surface area contributed by atoms with Crippen LogP contribution in [0.25, 0.3) is 0 Å². The normalized spacial score (nSPS) is 14.7. The molecule has 1 fully saturated rings. The van der Waals surface area contributed by atoms with E-state index in [1.54, 1.807) is 7.11 Å². The molecule has 2 rings (SSSR count). The van der Waals surface area contributed by atoms with Crippen molar-refractivity contribution in [3.63, 3.8) is 0 Å². The van der Waals surface area contributed by atoms with E-state index in [4.69, 9.17) is 21.1 Å². The third-order valence-electron chi connectivity index (χ3n) is 3.67. The molecular weight excluding hydrogens is 274 g/mol. The van der Waals surface area contributed by atoms with Crippen LogP contribution in [0.1, 0.15) is 45.1 Å². The van der Waals surface area contributed by atoms with Gasteiger partial charge in [-0.15, -0.1) is 0 Å². The van der Waals surface area contributed by atoms with Crippen LogP contribution in [0.15, 0.2) is 12.1 Å². The van der Waals surface area contributed by atoms with Gasteiger partial charge in [-0.1, -0.05) is 25.4 Å². The van der Waals surface area contributed by atoms with Gasteiger partial charge in [0.25, 0.3) is 0 Å². The van der Waals surface area contributed by atoms with E-state index < -0.39 is 0 Å². The fourth-order valence-electron chi connectivity index (χ4n) is 2.20. The molecule has 0 atom stereocenters. The highest BCUT2D eigenvalue weighted by molar-refractivity contribution is 6.30. The van der Waals surface area contributed by atoms with Gasteiger partial charge in [0.05, 0.1) is 13.2 Å². The van der Waals surface area contributed by atoms with Crippen LogP contribution in [0.5, 0.6) is 11.5 Å². The Hall–Kier alpha value is -0.930. The van der Waals surface area contributed by atoms with Gasteiger partial charge in [0, 0.05) is 29.2 Å². The van der Waals surface area contributed by atoms with Crippen molar-refractivity contribution in [2.75, 3.05) is 7.11 Å². The molecular formula is C16H24ClNO2. The van der Waals surface area contributed by atoms with E-state index in [1.807, 2.05) is 12.1 Å². The minimum atomic E-state index is 0.213. The molecule has 0 radical (unpaired) electrons. The molecule has 20 heavy (non-hydrogen) atoms. The summed E-state index contributed by atoms with van der Waals surface area (Å²) in [4.78, 5) is 0. The van der Waals surface area contributed by atoms with Crippen molar-refractivity contribution in [2.45, 2.75) is 58.2 Å². The topological polar surface area (TPSA) is 30.5 Å². The van der Waals surface area contributed by atoms with Crippen LogP contribution in [0.2, 0.25) is 5.02 Å². The molecule has 1 aromatic carbocycles. The van der Waals surface area contributed by atoms with Crippen molar-refractivity contribution < 1.29 is 9.47 Å². The van der Waals surface area contributed by atoms with Gasteiger partial charge in [-0.3, -0.25) is 0 Å². The zero-order chi connectivity index (χ0) is 14.5. The second kappa shape index (κ2) is 7.19. The van der Waals surface area contributed by atoms with Gasteiger partial charge < -0.3 is 14.8 Å². The van der Waals surface area contributed by atoms with E-state index in [-0.39, 0.29) is 6.10 Å². The van der Waals surface area contributed by atoms with Gasteiger partial charge in [0.2, 0.25) is 0 Å². The molecule has 1 aliphatic carbocycles. The van der Waals surface area contributed by atoms with Crippen LogP contribution in [-0.2, 0) is 6.54 Å². The molecule has 0 amide bonds. The molecule has 1 N–H and O–H groups in total. The largest absolute Gasteiger partial charge is 0.493 e. The Labute approximate surface area is 126 Å². The molecule has 0 saturated heterocycles. The maximum atomic E-state index is 6.17. The number of hydrogen-bond acceptors (Lipinski definition) is 3. The van der Waals surface area contributed by atoms with E-state index in [2.05, 4.69) is 19.2 Å². The predicted octanol–water partition coefficient (Wildman–Crippen LogP) is 4.17. The van der Waals surface area contributed by atoms with Gasteiger partial charge in [-0.05, 0) is 31.7 Å². The lowest BCUT2D eigenvalue weighted by Gasteiger charge is -2.21. The van der Waals surface area contributed by atoms with Crippen LogP contribution in [0, 0.1) is 0 Å². The number of rotatable bonds is 8. The monoisotopic (exact) mass is 297 g/mol. The average Bonchev–Trinajstić information content (AvgIpc) is 3.27. The zero-order valence-corrected chi connectivity index (χ0v) is 13.3. The van der Waals surface area contributed by atoms with Crippen molar-refractivity contribution in [1.29, 1.82) is 0 Å². The summed E-state index contributed by atoms with van der Waals surface area (Å²) in [6.07, 6.45) is 4.71. The van der Waals surface area contributed by atoms with Crippen molar-refractivity contribution >= 4 is 11.6 Å². The molecule has 0 bridgehead atoms. The second-order valence-corrected chi connectivity index (χ2v) is 5.74. The molecule has 0 unspecified atom stereocenters. The van der Waals surface area contributed by atoms with Crippen molar-refractivity contribution in [2.24, 2.45) is 0 Å². The summed E-state index contributed by atoms with van der Waals surface area (Å²) in [7, 11) is 1.66. The van der Waals surface area contributed by atoms with Crippen molar-refractivity contribution in [3.05, 3.63) is 22.7 Å². The highest BCUT2D eigenvalue weighted by atomic mass is 35.5. The lowest BCUT2D eigenvalue weighted by Crippen LogP contribution is -2.19. The number of nitrogens with one attached hydrogen (secondary N) is 1. The summed E-state index contributed by atoms with van der Waals surface area (Å²) in [5.41, 5.74) is 1.08. The quantitative estimate of drug-likeness (QED) is 0.781. The second-order valence-electron chi connectivity index (χ2n) is 5.31. The first-order valence-electron chi connectivity index (χ1n) is 7.44. The minimum absolute atomic E-state index is 0.213. The summed E-state index contributed by atoms with van der Waals surface area (Å²) < 4.78 is 11.6. The first kappa shape index (κ1) is 15.5. The van der Waals surface area contributed by atoms with Crippen LogP contribution in [0.3, 0.4) is 0 Å². The van der Waals surface area contributed by atoms with Gasteiger partial charge in [-0.2, -0.15) is 0 Å². The van der Waals surface area contributed by atoms with Gasteiger partial charge in [-0.25, -0.2) is 0 Å². The Kier molecular flexibility index (Phi) is 5.55. The summed E-state index contributed by atoms with van der Waals surface area (Å²) in [5.74, 6) is 1.55. The number of methoxy groups -OCH3 is 1. The molecule has 4 heteroatoms.